The molecule has 1 rings (SSSR count). The van der Waals surface area contributed by atoms with E-state index in [0.29, 0.717) is 0 Å². The molecule has 100 valence electrons. The predicted octanol–water partition coefficient (Wildman–Crippen LogP) is 1.88. The van der Waals surface area contributed by atoms with E-state index in [0.717, 1.165) is 11.2 Å². The fourth-order valence-corrected chi connectivity index (χ4v) is 2.99. The molecule has 0 aliphatic carbocycles. The van der Waals surface area contributed by atoms with Crippen molar-refractivity contribution in [3.8, 4) is 0 Å². The quantitative estimate of drug-likeness (QED) is 0.840. The summed E-state index contributed by atoms with van der Waals surface area (Å²) in [5, 5.41) is -0.429. The first-order valence-electron chi connectivity index (χ1n) is 5.53. The first-order chi connectivity index (χ1) is 8.29. The summed E-state index contributed by atoms with van der Waals surface area (Å²) in [6.45, 7) is 3.78. The number of rotatable bonds is 5. The summed E-state index contributed by atoms with van der Waals surface area (Å²) in [6.07, 6.45) is 0.982. The summed E-state index contributed by atoms with van der Waals surface area (Å²) in [5.74, 6) is -0.432. The standard InChI is InChI=1S/C12H17NO3S2/c1-9(2)11(12(14)13-18(3,15)16)17-10-7-5-4-6-8-10/h4-9,11H,1-3H3,(H,13,14)/t11-/m1/s1. The van der Waals surface area contributed by atoms with Crippen LogP contribution in [-0.2, 0) is 14.8 Å². The van der Waals surface area contributed by atoms with E-state index in [2.05, 4.69) is 0 Å². The van der Waals surface area contributed by atoms with Crippen LogP contribution < -0.4 is 4.72 Å². The highest BCUT2D eigenvalue weighted by atomic mass is 32.2. The van der Waals surface area contributed by atoms with E-state index in [1.165, 1.54) is 11.8 Å². The number of thioether (sulfide) groups is 1. The molecule has 0 saturated carbocycles. The van der Waals surface area contributed by atoms with Crippen molar-refractivity contribution in [3.05, 3.63) is 30.3 Å². The number of hydrogen-bond acceptors (Lipinski definition) is 4. The van der Waals surface area contributed by atoms with Gasteiger partial charge in [0.25, 0.3) is 0 Å². The summed E-state index contributed by atoms with van der Waals surface area (Å²) in [4.78, 5) is 12.8. The molecule has 0 aromatic heterocycles. The molecule has 0 aliphatic rings. The fourth-order valence-electron chi connectivity index (χ4n) is 1.38. The average Bonchev–Trinajstić information content (AvgIpc) is 2.24. The van der Waals surface area contributed by atoms with Gasteiger partial charge in [-0.05, 0) is 18.1 Å². The number of amides is 1. The molecule has 0 bridgehead atoms. The molecule has 0 radical (unpaired) electrons. The third-order valence-electron chi connectivity index (χ3n) is 2.16. The van der Waals surface area contributed by atoms with Gasteiger partial charge in [0.1, 0.15) is 0 Å². The largest absolute Gasteiger partial charge is 0.273 e. The van der Waals surface area contributed by atoms with Crippen LogP contribution >= 0.6 is 11.8 Å². The third-order valence-corrected chi connectivity index (χ3v) is 4.28. The van der Waals surface area contributed by atoms with Crippen molar-refractivity contribution >= 4 is 27.7 Å². The topological polar surface area (TPSA) is 63.2 Å². The van der Waals surface area contributed by atoms with Crippen LogP contribution in [0.25, 0.3) is 0 Å². The first kappa shape index (κ1) is 15.0. The van der Waals surface area contributed by atoms with Crippen molar-refractivity contribution in [1.29, 1.82) is 0 Å². The lowest BCUT2D eigenvalue weighted by Gasteiger charge is -2.19. The Morgan fingerprint density at radius 3 is 2.22 bits per heavy atom. The van der Waals surface area contributed by atoms with Crippen LogP contribution in [0.3, 0.4) is 0 Å². The van der Waals surface area contributed by atoms with E-state index in [-0.39, 0.29) is 5.92 Å². The highest BCUT2D eigenvalue weighted by molar-refractivity contribution is 8.00. The Bertz CT molecular complexity index is 497. The van der Waals surface area contributed by atoms with E-state index in [4.69, 9.17) is 0 Å². The maximum Gasteiger partial charge on any atom is 0.247 e. The van der Waals surface area contributed by atoms with Gasteiger partial charge in [0.05, 0.1) is 11.5 Å². The lowest BCUT2D eigenvalue weighted by molar-refractivity contribution is -0.119. The van der Waals surface area contributed by atoms with Crippen LogP contribution in [0.1, 0.15) is 13.8 Å². The molecule has 1 aromatic carbocycles. The molecule has 6 heteroatoms. The zero-order valence-corrected chi connectivity index (χ0v) is 12.2. The summed E-state index contributed by atoms with van der Waals surface area (Å²) >= 11 is 1.37. The Morgan fingerprint density at radius 1 is 1.22 bits per heavy atom. The van der Waals surface area contributed by atoms with Crippen LogP contribution in [0, 0.1) is 5.92 Å². The van der Waals surface area contributed by atoms with Crippen LogP contribution in [0.4, 0.5) is 0 Å². The van der Waals surface area contributed by atoms with E-state index >= 15 is 0 Å². The maximum atomic E-state index is 11.9. The van der Waals surface area contributed by atoms with Gasteiger partial charge < -0.3 is 0 Å². The second-order valence-corrected chi connectivity index (χ2v) is 7.30. The van der Waals surface area contributed by atoms with Crippen molar-refractivity contribution in [3.63, 3.8) is 0 Å². The van der Waals surface area contributed by atoms with E-state index in [1.807, 2.05) is 48.9 Å². The predicted molar refractivity (Wildman–Crippen MR) is 73.9 cm³/mol. The molecule has 18 heavy (non-hydrogen) atoms. The smallest absolute Gasteiger partial charge is 0.247 e. The molecule has 0 spiro atoms. The molecule has 1 amide bonds. The number of sulfonamides is 1. The van der Waals surface area contributed by atoms with Gasteiger partial charge in [0.15, 0.2) is 0 Å². The first-order valence-corrected chi connectivity index (χ1v) is 8.30. The summed E-state index contributed by atoms with van der Waals surface area (Å²) in [5.41, 5.74) is 0. The van der Waals surface area contributed by atoms with E-state index < -0.39 is 21.2 Å². The minimum Gasteiger partial charge on any atom is -0.273 e. The molecule has 4 nitrogen and oxygen atoms in total. The molecule has 1 atom stereocenters. The molecule has 0 saturated heterocycles. The number of hydrogen-bond donors (Lipinski definition) is 1. The monoisotopic (exact) mass is 287 g/mol. The van der Waals surface area contributed by atoms with Gasteiger partial charge in [-0.3, -0.25) is 9.52 Å². The lowest BCUT2D eigenvalue weighted by atomic mass is 10.1. The molecule has 1 aromatic rings. The van der Waals surface area contributed by atoms with Gasteiger partial charge in [-0.15, -0.1) is 11.8 Å². The Labute approximate surface area is 112 Å². The SMILES string of the molecule is CC(C)[C@@H](Sc1ccccc1)C(=O)NS(C)(=O)=O. The number of carbonyl (C=O) groups is 1. The van der Waals surface area contributed by atoms with Crippen LogP contribution in [0.5, 0.6) is 0 Å². The normalized spacial score (nSPS) is 13.3. The van der Waals surface area contributed by atoms with Gasteiger partial charge in [0, 0.05) is 4.90 Å². The van der Waals surface area contributed by atoms with Crippen LogP contribution in [-0.4, -0.2) is 25.8 Å². The van der Waals surface area contributed by atoms with E-state index in [1.54, 1.807) is 0 Å². The molecule has 0 unspecified atom stereocenters. The van der Waals surface area contributed by atoms with Crippen molar-refractivity contribution in [2.45, 2.75) is 24.0 Å². The highest BCUT2D eigenvalue weighted by Gasteiger charge is 2.25. The fraction of sp³-hybridized carbons (Fsp3) is 0.417. The molecular formula is C12H17NO3S2. The lowest BCUT2D eigenvalue weighted by Crippen LogP contribution is -2.38. The third kappa shape index (κ3) is 5.10. The number of carbonyl (C=O) groups excluding carboxylic acids is 1. The van der Waals surface area contributed by atoms with Crippen LogP contribution in [0.15, 0.2) is 35.2 Å². The van der Waals surface area contributed by atoms with Gasteiger partial charge in [-0.25, -0.2) is 8.42 Å². The Balaban J connectivity index is 2.81. The van der Waals surface area contributed by atoms with Crippen molar-refractivity contribution in [2.24, 2.45) is 5.92 Å². The molecule has 0 aliphatic heterocycles. The zero-order valence-electron chi connectivity index (χ0n) is 10.6. The highest BCUT2D eigenvalue weighted by Crippen LogP contribution is 2.28. The minimum absolute atomic E-state index is 0.0388. The van der Waals surface area contributed by atoms with Gasteiger partial charge in [0.2, 0.25) is 15.9 Å². The van der Waals surface area contributed by atoms with Crippen LogP contribution in [0.2, 0.25) is 0 Å². The molecule has 0 heterocycles. The molecule has 0 fully saturated rings. The second kappa shape index (κ2) is 6.24. The number of benzene rings is 1. The second-order valence-electron chi connectivity index (χ2n) is 4.33. The Kier molecular flexibility index (Phi) is 5.22. The van der Waals surface area contributed by atoms with E-state index in [9.17, 15) is 13.2 Å². The van der Waals surface area contributed by atoms with Gasteiger partial charge in [-0.1, -0.05) is 32.0 Å². The van der Waals surface area contributed by atoms with Crippen molar-refractivity contribution < 1.29 is 13.2 Å². The van der Waals surface area contributed by atoms with Gasteiger partial charge >= 0.3 is 0 Å². The number of nitrogens with one attached hydrogen (secondary N) is 1. The maximum absolute atomic E-state index is 11.9. The van der Waals surface area contributed by atoms with Gasteiger partial charge in [-0.2, -0.15) is 0 Å². The van der Waals surface area contributed by atoms with Crippen molar-refractivity contribution in [2.75, 3.05) is 6.26 Å². The summed E-state index contributed by atoms with van der Waals surface area (Å²) in [7, 11) is -3.51. The zero-order chi connectivity index (χ0) is 13.8. The summed E-state index contributed by atoms with van der Waals surface area (Å²) < 4.78 is 24.2. The van der Waals surface area contributed by atoms with Crippen molar-refractivity contribution in [1.82, 2.24) is 4.72 Å². The summed E-state index contributed by atoms with van der Waals surface area (Å²) in [6, 6.07) is 9.45. The minimum atomic E-state index is -3.51. The molecular weight excluding hydrogens is 270 g/mol. The Morgan fingerprint density at radius 2 is 1.78 bits per heavy atom. The average molecular weight is 287 g/mol. The Hall–Kier alpha value is -1.01. The molecule has 1 N–H and O–H groups in total.